The summed E-state index contributed by atoms with van der Waals surface area (Å²) in [7, 11) is 0. The van der Waals surface area contributed by atoms with Crippen molar-refractivity contribution in [1.82, 2.24) is 9.97 Å². The fraction of sp³-hybridized carbons (Fsp3) is 0.0769. The van der Waals surface area contributed by atoms with Crippen molar-refractivity contribution < 1.29 is 4.42 Å². The minimum absolute atomic E-state index is 0.427. The van der Waals surface area contributed by atoms with E-state index < -0.39 is 6.04 Å². The van der Waals surface area contributed by atoms with Crippen molar-refractivity contribution in [2.24, 2.45) is 5.73 Å². The Labute approximate surface area is 98.1 Å². The maximum Gasteiger partial charge on any atom is 0.152 e. The van der Waals surface area contributed by atoms with Gasteiger partial charge in [0.05, 0.1) is 0 Å². The van der Waals surface area contributed by atoms with Crippen molar-refractivity contribution in [2.75, 3.05) is 0 Å². The van der Waals surface area contributed by atoms with E-state index in [4.69, 9.17) is 10.2 Å². The van der Waals surface area contributed by atoms with Crippen LogP contribution in [-0.2, 0) is 0 Å². The molecule has 0 spiro atoms. The highest BCUT2D eigenvalue weighted by atomic mass is 16.3. The van der Waals surface area contributed by atoms with Gasteiger partial charge in [-0.1, -0.05) is 18.2 Å². The maximum absolute atomic E-state index is 6.06. The predicted molar refractivity (Wildman–Crippen MR) is 64.3 cm³/mol. The van der Waals surface area contributed by atoms with Crippen LogP contribution < -0.4 is 5.73 Å². The van der Waals surface area contributed by atoms with Crippen molar-refractivity contribution in [1.29, 1.82) is 0 Å². The van der Waals surface area contributed by atoms with Gasteiger partial charge in [0.1, 0.15) is 17.4 Å². The number of fused-ring (bicyclic) bond motifs is 1. The zero-order valence-corrected chi connectivity index (χ0v) is 9.08. The van der Waals surface area contributed by atoms with Crippen LogP contribution in [0, 0.1) is 0 Å². The fourth-order valence-corrected chi connectivity index (χ4v) is 1.75. The molecular formula is C13H11N3O. The van der Waals surface area contributed by atoms with E-state index in [1.54, 1.807) is 18.5 Å². The van der Waals surface area contributed by atoms with Gasteiger partial charge < -0.3 is 10.2 Å². The van der Waals surface area contributed by atoms with E-state index in [-0.39, 0.29) is 0 Å². The molecule has 0 saturated heterocycles. The third-order valence-electron chi connectivity index (χ3n) is 2.62. The van der Waals surface area contributed by atoms with E-state index >= 15 is 0 Å². The highest BCUT2D eigenvalue weighted by molar-refractivity contribution is 5.77. The largest absolute Gasteiger partial charge is 0.459 e. The lowest BCUT2D eigenvalue weighted by molar-refractivity contribution is 0.515. The first-order chi connectivity index (χ1) is 8.34. The molecule has 0 aliphatic rings. The topological polar surface area (TPSA) is 64.9 Å². The molecule has 1 aromatic carbocycles. The molecule has 0 bridgehead atoms. The first kappa shape index (κ1) is 9.99. The SMILES string of the molecule is NC(c1ncccn1)c1cc2ccccc2o1. The zero-order chi connectivity index (χ0) is 11.7. The number of para-hydroxylation sites is 1. The van der Waals surface area contributed by atoms with Crippen LogP contribution in [0.25, 0.3) is 11.0 Å². The van der Waals surface area contributed by atoms with Gasteiger partial charge in [-0.2, -0.15) is 0 Å². The van der Waals surface area contributed by atoms with E-state index in [9.17, 15) is 0 Å². The van der Waals surface area contributed by atoms with E-state index in [1.165, 1.54) is 0 Å². The lowest BCUT2D eigenvalue weighted by Gasteiger charge is -2.05. The second-order valence-electron chi connectivity index (χ2n) is 3.77. The molecule has 2 N–H and O–H groups in total. The molecule has 0 aliphatic carbocycles. The molecule has 4 heteroatoms. The van der Waals surface area contributed by atoms with Gasteiger partial charge in [0.25, 0.3) is 0 Å². The average molecular weight is 225 g/mol. The van der Waals surface area contributed by atoms with Crippen molar-refractivity contribution in [3.8, 4) is 0 Å². The van der Waals surface area contributed by atoms with Crippen LogP contribution >= 0.6 is 0 Å². The summed E-state index contributed by atoms with van der Waals surface area (Å²) in [4.78, 5) is 8.26. The molecule has 84 valence electrons. The van der Waals surface area contributed by atoms with Crippen LogP contribution in [0.1, 0.15) is 17.6 Å². The highest BCUT2D eigenvalue weighted by Crippen LogP contribution is 2.24. The zero-order valence-electron chi connectivity index (χ0n) is 9.08. The first-order valence-electron chi connectivity index (χ1n) is 5.35. The van der Waals surface area contributed by atoms with Gasteiger partial charge in [-0.3, -0.25) is 0 Å². The number of benzene rings is 1. The van der Waals surface area contributed by atoms with Gasteiger partial charge in [-0.05, 0) is 18.2 Å². The Bertz CT molecular complexity index is 600. The van der Waals surface area contributed by atoms with Gasteiger partial charge in [0.15, 0.2) is 5.82 Å². The number of nitrogens with two attached hydrogens (primary N) is 1. The molecule has 0 radical (unpaired) electrons. The number of hydrogen-bond donors (Lipinski definition) is 1. The van der Waals surface area contributed by atoms with Crippen molar-refractivity contribution in [3.05, 3.63) is 60.4 Å². The summed E-state index contributed by atoms with van der Waals surface area (Å²) in [5.41, 5.74) is 6.89. The van der Waals surface area contributed by atoms with Crippen LogP contribution in [0.4, 0.5) is 0 Å². The molecule has 0 amide bonds. The minimum Gasteiger partial charge on any atom is -0.459 e. The Hall–Kier alpha value is -2.20. The quantitative estimate of drug-likeness (QED) is 0.726. The Morgan fingerprint density at radius 1 is 1.06 bits per heavy atom. The summed E-state index contributed by atoms with van der Waals surface area (Å²) >= 11 is 0. The molecule has 0 saturated carbocycles. The van der Waals surface area contributed by atoms with E-state index in [1.807, 2.05) is 30.3 Å². The van der Waals surface area contributed by atoms with Gasteiger partial charge in [-0.25, -0.2) is 9.97 Å². The van der Waals surface area contributed by atoms with Crippen molar-refractivity contribution >= 4 is 11.0 Å². The number of rotatable bonds is 2. The molecule has 2 heterocycles. The third-order valence-corrected chi connectivity index (χ3v) is 2.62. The third kappa shape index (κ3) is 1.79. The second-order valence-corrected chi connectivity index (χ2v) is 3.77. The van der Waals surface area contributed by atoms with E-state index in [2.05, 4.69) is 9.97 Å². The van der Waals surface area contributed by atoms with Gasteiger partial charge in [0, 0.05) is 17.8 Å². The average Bonchev–Trinajstić information content (AvgIpc) is 2.82. The molecule has 3 rings (SSSR count). The second kappa shape index (κ2) is 3.99. The molecule has 1 atom stereocenters. The van der Waals surface area contributed by atoms with Gasteiger partial charge in [0.2, 0.25) is 0 Å². The highest BCUT2D eigenvalue weighted by Gasteiger charge is 2.15. The molecular weight excluding hydrogens is 214 g/mol. The lowest BCUT2D eigenvalue weighted by atomic mass is 10.2. The van der Waals surface area contributed by atoms with Crippen LogP contribution in [0.3, 0.4) is 0 Å². The standard InChI is InChI=1S/C13H11N3O/c14-12(13-15-6-3-7-16-13)11-8-9-4-1-2-5-10(9)17-11/h1-8,12H,14H2. The van der Waals surface area contributed by atoms with Crippen LogP contribution in [0.5, 0.6) is 0 Å². The molecule has 0 aliphatic heterocycles. The normalized spacial score (nSPS) is 12.8. The fourth-order valence-electron chi connectivity index (χ4n) is 1.75. The molecule has 17 heavy (non-hydrogen) atoms. The van der Waals surface area contributed by atoms with Gasteiger partial charge in [-0.15, -0.1) is 0 Å². The summed E-state index contributed by atoms with van der Waals surface area (Å²) < 4.78 is 5.68. The van der Waals surface area contributed by atoms with Crippen molar-refractivity contribution in [2.45, 2.75) is 6.04 Å². The Morgan fingerprint density at radius 3 is 2.59 bits per heavy atom. The molecule has 1 unspecified atom stereocenters. The summed E-state index contributed by atoms with van der Waals surface area (Å²) in [6, 6.07) is 11.1. The minimum atomic E-state index is -0.427. The van der Waals surface area contributed by atoms with E-state index in [0.717, 1.165) is 11.0 Å². The summed E-state index contributed by atoms with van der Waals surface area (Å²) in [5, 5.41) is 1.04. The van der Waals surface area contributed by atoms with Crippen LogP contribution in [0.2, 0.25) is 0 Å². The molecule has 3 aromatic rings. The smallest absolute Gasteiger partial charge is 0.152 e. The molecule has 0 fully saturated rings. The van der Waals surface area contributed by atoms with Crippen molar-refractivity contribution in [3.63, 3.8) is 0 Å². The van der Waals surface area contributed by atoms with Gasteiger partial charge >= 0.3 is 0 Å². The number of nitrogens with zero attached hydrogens (tertiary/aromatic N) is 2. The lowest BCUT2D eigenvalue weighted by Crippen LogP contribution is -2.14. The summed E-state index contributed by atoms with van der Waals surface area (Å²) in [6.07, 6.45) is 3.34. The molecule has 2 aromatic heterocycles. The predicted octanol–water partition coefficient (Wildman–Crippen LogP) is 2.27. The number of hydrogen-bond acceptors (Lipinski definition) is 4. The van der Waals surface area contributed by atoms with Crippen LogP contribution in [0.15, 0.2) is 53.2 Å². The summed E-state index contributed by atoms with van der Waals surface area (Å²) in [5.74, 6) is 1.24. The Kier molecular flexibility index (Phi) is 2.34. The summed E-state index contributed by atoms with van der Waals surface area (Å²) in [6.45, 7) is 0. The first-order valence-corrected chi connectivity index (χ1v) is 5.35. The Balaban J connectivity index is 2.04. The number of furan rings is 1. The van der Waals surface area contributed by atoms with Crippen LogP contribution in [-0.4, -0.2) is 9.97 Å². The van der Waals surface area contributed by atoms with E-state index in [0.29, 0.717) is 11.6 Å². The molecule has 4 nitrogen and oxygen atoms in total. The number of aromatic nitrogens is 2. The monoisotopic (exact) mass is 225 g/mol. The maximum atomic E-state index is 6.06. The Morgan fingerprint density at radius 2 is 1.82 bits per heavy atom.